The number of likely N-dealkylation sites (N-methyl/N-ethyl adjacent to an activating group) is 1. The van der Waals surface area contributed by atoms with E-state index in [-0.39, 0.29) is 64.6 Å². The second-order valence-corrected chi connectivity index (χ2v) is 14.1. The monoisotopic (exact) mass is 765 g/mol. The Balaban J connectivity index is 1.64. The van der Waals surface area contributed by atoms with Crippen molar-refractivity contribution in [3.05, 3.63) is 122 Å². The molecule has 294 valence electrons. The van der Waals surface area contributed by atoms with E-state index in [2.05, 4.69) is 15.3 Å². The number of nitrogens with zero attached hydrogens (tertiary/aromatic N) is 2. The van der Waals surface area contributed by atoms with Crippen LogP contribution in [0.15, 0.2) is 87.9 Å². The molecule has 0 spiro atoms. The number of carbonyl (C=O) groups is 1. The van der Waals surface area contributed by atoms with Crippen molar-refractivity contribution in [2.24, 2.45) is 0 Å². The van der Waals surface area contributed by atoms with Gasteiger partial charge in [-0.3, -0.25) is 4.79 Å². The zero-order valence-corrected chi connectivity index (χ0v) is 31.5. The number of aryl methyl sites for hydroxylation is 1. The van der Waals surface area contributed by atoms with Crippen LogP contribution in [0.1, 0.15) is 72.6 Å². The van der Waals surface area contributed by atoms with Gasteiger partial charge in [0, 0.05) is 60.0 Å². The first-order valence-electron chi connectivity index (χ1n) is 18.4. The van der Waals surface area contributed by atoms with Crippen LogP contribution in [-0.4, -0.2) is 67.8 Å². The fourth-order valence-electron chi connectivity index (χ4n) is 7.38. The van der Waals surface area contributed by atoms with Crippen molar-refractivity contribution in [3.8, 4) is 17.2 Å². The number of aromatic hydroxyl groups is 2. The molecule has 5 aromatic rings. The molecule has 3 aromatic heterocycles. The van der Waals surface area contributed by atoms with Crippen molar-refractivity contribution < 1.29 is 39.1 Å². The number of hydrogen-bond acceptors (Lipinski definition) is 14. The number of rotatable bonds is 14. The van der Waals surface area contributed by atoms with Gasteiger partial charge in [0.15, 0.2) is 5.43 Å². The Morgan fingerprint density at radius 2 is 1.89 bits per heavy atom. The van der Waals surface area contributed by atoms with Crippen LogP contribution in [0.4, 0.5) is 11.6 Å². The summed E-state index contributed by atoms with van der Waals surface area (Å²) in [6.07, 6.45) is 4.50. The predicted molar refractivity (Wildman–Crippen MR) is 210 cm³/mol. The molecule has 4 unspecified atom stereocenters. The number of phenolic OH excluding ortho intramolecular Hbond substituents is 2. The van der Waals surface area contributed by atoms with Crippen molar-refractivity contribution in [2.45, 2.75) is 70.2 Å². The van der Waals surface area contributed by atoms with E-state index in [0.717, 1.165) is 11.6 Å². The largest absolute Gasteiger partial charge is 0.508 e. The van der Waals surface area contributed by atoms with Crippen LogP contribution in [0, 0.1) is 0 Å². The number of pyridine rings is 2. The first-order chi connectivity index (χ1) is 26.9. The maximum atomic E-state index is 13.9. The van der Waals surface area contributed by atoms with E-state index in [1.54, 1.807) is 49.5 Å². The maximum absolute atomic E-state index is 13.9. The Hall–Kier alpha value is -5.96. The van der Waals surface area contributed by atoms with Gasteiger partial charge < -0.3 is 51.1 Å². The molecule has 1 aliphatic rings. The van der Waals surface area contributed by atoms with Gasteiger partial charge in [-0.2, -0.15) is 0 Å². The van der Waals surface area contributed by atoms with Gasteiger partial charge in [0.1, 0.15) is 63.9 Å². The summed E-state index contributed by atoms with van der Waals surface area (Å²) in [5, 5.41) is 47.0. The molecule has 0 saturated heterocycles. The molecular formula is C42H47N5O9. The molecule has 0 amide bonds. The van der Waals surface area contributed by atoms with Gasteiger partial charge in [-0.05, 0) is 80.3 Å². The molecule has 14 heteroatoms. The minimum Gasteiger partial charge on any atom is -0.508 e. The number of nitrogens with one attached hydrogen (secondary N) is 1. The van der Waals surface area contributed by atoms with Gasteiger partial charge in [-0.1, -0.05) is 31.2 Å². The van der Waals surface area contributed by atoms with Crippen LogP contribution in [-0.2, 0) is 29.0 Å². The molecule has 1 aliphatic heterocycles. The summed E-state index contributed by atoms with van der Waals surface area (Å²) in [5.74, 6) is -2.20. The number of anilines is 2. The highest BCUT2D eigenvalue weighted by Crippen LogP contribution is 2.53. The number of aliphatic hydroxyl groups is 2. The SMILES string of the molecule is CC=C(CNCC)C(=O)OC1Cc2c(c(C(c3ccnc(N)c3)C(CO)c3cccc(O)c3)c3oc(CO)cc(=O)c3c2O)OC1(C)CCc1ccc(N)nc1. The van der Waals surface area contributed by atoms with Crippen molar-refractivity contribution in [3.63, 3.8) is 0 Å². The van der Waals surface area contributed by atoms with Crippen molar-refractivity contribution in [1.29, 1.82) is 0 Å². The zero-order chi connectivity index (χ0) is 40.1. The van der Waals surface area contributed by atoms with Crippen LogP contribution in [0.2, 0.25) is 0 Å². The molecule has 2 aromatic carbocycles. The van der Waals surface area contributed by atoms with Crippen LogP contribution in [0.25, 0.3) is 11.0 Å². The minimum atomic E-state index is -1.27. The van der Waals surface area contributed by atoms with Crippen molar-refractivity contribution in [1.82, 2.24) is 15.3 Å². The normalized spacial score (nSPS) is 17.9. The van der Waals surface area contributed by atoms with E-state index in [1.165, 1.54) is 18.3 Å². The lowest BCUT2D eigenvalue weighted by molar-refractivity contribution is -0.159. The minimum absolute atomic E-state index is 0.0408. The topological polar surface area (TPSA) is 237 Å². The number of phenols is 2. The number of carbonyl (C=O) groups excluding carboxylic acids is 1. The first kappa shape index (κ1) is 39.7. The third-order valence-corrected chi connectivity index (χ3v) is 10.4. The summed E-state index contributed by atoms with van der Waals surface area (Å²) in [6, 6.07) is 14.4. The lowest BCUT2D eigenvalue weighted by atomic mass is 9.74. The van der Waals surface area contributed by atoms with Gasteiger partial charge in [0.05, 0.1) is 6.61 Å². The third-order valence-electron chi connectivity index (χ3n) is 10.4. The number of esters is 1. The van der Waals surface area contributed by atoms with E-state index >= 15 is 0 Å². The molecule has 0 bridgehead atoms. The highest BCUT2D eigenvalue weighted by Gasteiger charge is 2.48. The summed E-state index contributed by atoms with van der Waals surface area (Å²) in [7, 11) is 0. The smallest absolute Gasteiger partial charge is 0.335 e. The molecule has 9 N–H and O–H groups in total. The van der Waals surface area contributed by atoms with E-state index < -0.39 is 53.9 Å². The molecule has 4 heterocycles. The number of aliphatic hydroxyl groups excluding tert-OH is 2. The van der Waals surface area contributed by atoms with Crippen LogP contribution < -0.4 is 26.9 Å². The average molecular weight is 766 g/mol. The number of ether oxygens (including phenoxy) is 2. The van der Waals surface area contributed by atoms with Crippen molar-refractivity contribution >= 4 is 28.6 Å². The Labute approximate surface area is 323 Å². The van der Waals surface area contributed by atoms with Crippen LogP contribution in [0.5, 0.6) is 17.2 Å². The summed E-state index contributed by atoms with van der Waals surface area (Å²) in [5.41, 5.74) is 12.9. The standard InChI is InChI=1S/C42H47N5O9/c1-4-24(20-45-5-2)41(53)55-32-18-29-38(52)36-31(51)17-28(21-48)54-40(36)37(39(29)56-42(32,3)13-11-23-9-10-33(43)47-19-23)35(26-12-14-46-34(44)16-26)30(22-49)25-7-6-8-27(50)15-25/h4,6-10,12,14-17,19,30,32,35,45,48-50,52H,5,11,13,18,20-22H2,1-3H3,(H2,43,47)(H2,44,46). The van der Waals surface area contributed by atoms with Gasteiger partial charge in [0.2, 0.25) is 0 Å². The number of benzene rings is 2. The Morgan fingerprint density at radius 3 is 2.55 bits per heavy atom. The second-order valence-electron chi connectivity index (χ2n) is 14.1. The second kappa shape index (κ2) is 16.8. The highest BCUT2D eigenvalue weighted by atomic mass is 16.6. The molecule has 0 aliphatic carbocycles. The van der Waals surface area contributed by atoms with Gasteiger partial charge in [0.25, 0.3) is 0 Å². The Kier molecular flexibility index (Phi) is 11.9. The maximum Gasteiger partial charge on any atom is 0.335 e. The lowest BCUT2D eigenvalue weighted by Crippen LogP contribution is -2.52. The van der Waals surface area contributed by atoms with Gasteiger partial charge >= 0.3 is 5.97 Å². The molecule has 14 nitrogen and oxygen atoms in total. The molecule has 0 fully saturated rings. The molecule has 0 saturated carbocycles. The summed E-state index contributed by atoms with van der Waals surface area (Å²) >= 11 is 0. The Bertz CT molecular complexity index is 2310. The number of nitrogen functional groups attached to an aromatic ring is 2. The molecule has 56 heavy (non-hydrogen) atoms. The fourth-order valence-corrected chi connectivity index (χ4v) is 7.38. The summed E-state index contributed by atoms with van der Waals surface area (Å²) < 4.78 is 19.6. The van der Waals surface area contributed by atoms with Crippen LogP contribution in [0.3, 0.4) is 0 Å². The number of hydrogen-bond donors (Lipinski definition) is 7. The van der Waals surface area contributed by atoms with E-state index in [1.807, 2.05) is 19.9 Å². The van der Waals surface area contributed by atoms with E-state index in [4.69, 9.17) is 25.4 Å². The molecular weight excluding hydrogens is 718 g/mol. The molecule has 0 radical (unpaired) electrons. The number of fused-ring (bicyclic) bond motifs is 2. The third kappa shape index (κ3) is 8.03. The van der Waals surface area contributed by atoms with Gasteiger partial charge in [-0.15, -0.1) is 0 Å². The van der Waals surface area contributed by atoms with Gasteiger partial charge in [-0.25, -0.2) is 14.8 Å². The lowest BCUT2D eigenvalue weighted by Gasteiger charge is -2.44. The number of nitrogens with two attached hydrogens (primary N) is 2. The zero-order valence-electron chi connectivity index (χ0n) is 31.5. The average Bonchev–Trinajstić information content (AvgIpc) is 3.18. The number of allylic oxidation sites excluding steroid dienone is 1. The first-order valence-corrected chi connectivity index (χ1v) is 18.4. The Morgan fingerprint density at radius 1 is 1.09 bits per heavy atom. The van der Waals surface area contributed by atoms with Crippen LogP contribution >= 0.6 is 0 Å². The van der Waals surface area contributed by atoms with Crippen molar-refractivity contribution in [2.75, 3.05) is 31.2 Å². The number of aromatic nitrogens is 2. The van der Waals surface area contributed by atoms with E-state index in [9.17, 15) is 30.0 Å². The van der Waals surface area contributed by atoms with E-state index in [0.29, 0.717) is 35.5 Å². The highest BCUT2D eigenvalue weighted by molar-refractivity contribution is 5.92. The summed E-state index contributed by atoms with van der Waals surface area (Å²) in [4.78, 5) is 36.1. The fraction of sp³-hybridized carbons (Fsp3) is 0.333. The molecule has 6 rings (SSSR count). The molecule has 4 atom stereocenters. The quantitative estimate of drug-likeness (QED) is 0.0615. The summed E-state index contributed by atoms with van der Waals surface area (Å²) in [6.45, 7) is 5.29. The predicted octanol–water partition coefficient (Wildman–Crippen LogP) is 4.35.